The van der Waals surface area contributed by atoms with Crippen LogP contribution in [0.3, 0.4) is 0 Å². The minimum Gasteiger partial charge on any atom is -0.387 e. The van der Waals surface area contributed by atoms with Gasteiger partial charge in [0.15, 0.2) is 0 Å². The molecule has 5 nitrogen and oxygen atoms in total. The molecule has 0 saturated carbocycles. The van der Waals surface area contributed by atoms with Gasteiger partial charge in [-0.2, -0.15) is 0 Å². The summed E-state index contributed by atoms with van der Waals surface area (Å²) in [6, 6.07) is 11.7. The van der Waals surface area contributed by atoms with Crippen molar-refractivity contribution in [3.05, 3.63) is 64.0 Å². The van der Waals surface area contributed by atoms with Gasteiger partial charge in [-0.05, 0) is 48.7 Å². The number of thiophene rings is 1. The number of nitrogens with one attached hydrogen (secondary N) is 2. The lowest BCUT2D eigenvalue weighted by atomic mass is 10.1. The number of anilines is 1. The standard InChI is InChI=1S/C21H22N2O3S/c1-12-8-13(2)19(14(3)9-12)23-21(26)20(25)22-10-17(24)16-11-27-18-7-5-4-6-15(16)18/h4-9,11,17,24H,10H2,1-3H3,(H,22,25)(H,23,26). The molecule has 0 aliphatic heterocycles. The van der Waals surface area contributed by atoms with Crippen LogP contribution >= 0.6 is 11.3 Å². The summed E-state index contributed by atoms with van der Waals surface area (Å²) in [6.07, 6.45) is -0.874. The predicted molar refractivity (Wildman–Crippen MR) is 109 cm³/mol. The summed E-state index contributed by atoms with van der Waals surface area (Å²) < 4.78 is 1.07. The van der Waals surface area contributed by atoms with E-state index in [1.165, 1.54) is 11.3 Å². The molecule has 0 bridgehead atoms. The van der Waals surface area contributed by atoms with Crippen LogP contribution in [0.2, 0.25) is 0 Å². The highest BCUT2D eigenvalue weighted by Gasteiger charge is 2.19. The topological polar surface area (TPSA) is 78.4 Å². The molecule has 3 N–H and O–H groups in total. The summed E-state index contributed by atoms with van der Waals surface area (Å²) in [5, 5.41) is 18.4. The molecule has 0 spiro atoms. The number of aliphatic hydroxyl groups is 1. The number of aryl methyl sites for hydroxylation is 3. The van der Waals surface area contributed by atoms with E-state index in [4.69, 9.17) is 0 Å². The maximum atomic E-state index is 12.2. The summed E-state index contributed by atoms with van der Waals surface area (Å²) in [5.74, 6) is -1.51. The summed E-state index contributed by atoms with van der Waals surface area (Å²) in [5.41, 5.74) is 4.29. The van der Waals surface area contributed by atoms with Crippen molar-refractivity contribution in [2.24, 2.45) is 0 Å². The van der Waals surface area contributed by atoms with Crippen molar-refractivity contribution >= 4 is 38.9 Å². The van der Waals surface area contributed by atoms with Crippen LogP contribution in [-0.4, -0.2) is 23.5 Å². The van der Waals surface area contributed by atoms with Crippen LogP contribution < -0.4 is 10.6 Å². The highest BCUT2D eigenvalue weighted by Crippen LogP contribution is 2.29. The van der Waals surface area contributed by atoms with E-state index in [1.54, 1.807) is 0 Å². The molecular weight excluding hydrogens is 360 g/mol. The third kappa shape index (κ3) is 4.18. The van der Waals surface area contributed by atoms with Crippen molar-refractivity contribution < 1.29 is 14.7 Å². The van der Waals surface area contributed by atoms with Gasteiger partial charge in [0.2, 0.25) is 0 Å². The fraction of sp³-hybridized carbons (Fsp3) is 0.238. The van der Waals surface area contributed by atoms with Crippen LogP contribution in [0, 0.1) is 20.8 Å². The highest BCUT2D eigenvalue weighted by atomic mass is 32.1. The third-order valence-corrected chi connectivity index (χ3v) is 5.43. The number of carbonyl (C=O) groups excluding carboxylic acids is 2. The molecule has 0 fully saturated rings. The molecule has 140 valence electrons. The average Bonchev–Trinajstić information content (AvgIpc) is 3.06. The summed E-state index contributed by atoms with van der Waals surface area (Å²) in [6.45, 7) is 5.73. The number of rotatable bonds is 4. The molecule has 3 rings (SSSR count). The van der Waals surface area contributed by atoms with Gasteiger partial charge in [0.25, 0.3) is 0 Å². The second-order valence-corrected chi connectivity index (χ2v) is 7.55. The number of benzene rings is 2. The zero-order valence-electron chi connectivity index (χ0n) is 15.5. The normalized spacial score (nSPS) is 12.0. The molecule has 27 heavy (non-hydrogen) atoms. The van der Waals surface area contributed by atoms with Crippen LogP contribution in [-0.2, 0) is 9.59 Å². The number of hydrogen-bond donors (Lipinski definition) is 3. The first kappa shape index (κ1) is 19.1. The van der Waals surface area contributed by atoms with Crippen LogP contribution in [0.4, 0.5) is 5.69 Å². The van der Waals surface area contributed by atoms with E-state index in [-0.39, 0.29) is 6.54 Å². The smallest absolute Gasteiger partial charge is 0.313 e. The van der Waals surface area contributed by atoms with Crippen molar-refractivity contribution in [1.82, 2.24) is 5.32 Å². The first-order valence-electron chi connectivity index (χ1n) is 8.68. The van der Waals surface area contributed by atoms with Crippen molar-refractivity contribution in [2.45, 2.75) is 26.9 Å². The van der Waals surface area contributed by atoms with Gasteiger partial charge in [-0.3, -0.25) is 9.59 Å². The first-order valence-corrected chi connectivity index (χ1v) is 9.56. The Morgan fingerprint density at radius 3 is 2.44 bits per heavy atom. The molecule has 1 unspecified atom stereocenters. The zero-order chi connectivity index (χ0) is 19.6. The summed E-state index contributed by atoms with van der Waals surface area (Å²) >= 11 is 1.54. The number of aliphatic hydroxyl groups excluding tert-OH is 1. The first-order chi connectivity index (χ1) is 12.9. The number of amides is 2. The van der Waals surface area contributed by atoms with E-state index in [1.807, 2.05) is 62.5 Å². The summed E-state index contributed by atoms with van der Waals surface area (Å²) in [7, 11) is 0. The van der Waals surface area contributed by atoms with Crippen molar-refractivity contribution in [2.75, 3.05) is 11.9 Å². The van der Waals surface area contributed by atoms with Gasteiger partial charge in [0.1, 0.15) is 0 Å². The highest BCUT2D eigenvalue weighted by molar-refractivity contribution is 7.17. The van der Waals surface area contributed by atoms with Gasteiger partial charge in [-0.25, -0.2) is 0 Å². The Kier molecular flexibility index (Phi) is 5.58. The molecule has 1 heterocycles. The minimum absolute atomic E-state index is 0.0289. The van der Waals surface area contributed by atoms with E-state index < -0.39 is 17.9 Å². The Bertz CT molecular complexity index is 987. The number of fused-ring (bicyclic) bond motifs is 1. The second-order valence-electron chi connectivity index (χ2n) is 6.64. The van der Waals surface area contributed by atoms with E-state index >= 15 is 0 Å². The lowest BCUT2D eigenvalue weighted by Gasteiger charge is -2.14. The van der Waals surface area contributed by atoms with E-state index in [2.05, 4.69) is 10.6 Å². The maximum absolute atomic E-state index is 12.2. The van der Waals surface area contributed by atoms with E-state index in [0.717, 1.165) is 32.3 Å². The Morgan fingerprint density at radius 2 is 1.74 bits per heavy atom. The van der Waals surface area contributed by atoms with E-state index in [9.17, 15) is 14.7 Å². The van der Waals surface area contributed by atoms with Gasteiger partial charge < -0.3 is 15.7 Å². The molecule has 2 aromatic carbocycles. The van der Waals surface area contributed by atoms with Gasteiger partial charge in [-0.15, -0.1) is 11.3 Å². The Balaban J connectivity index is 1.63. The Hall–Kier alpha value is -2.70. The third-order valence-electron chi connectivity index (χ3n) is 4.45. The molecule has 0 aliphatic rings. The monoisotopic (exact) mass is 382 g/mol. The van der Waals surface area contributed by atoms with Crippen molar-refractivity contribution in [3.63, 3.8) is 0 Å². The van der Waals surface area contributed by atoms with Gasteiger partial charge in [-0.1, -0.05) is 35.9 Å². The fourth-order valence-corrected chi connectivity index (χ4v) is 4.19. The van der Waals surface area contributed by atoms with Crippen molar-refractivity contribution in [3.8, 4) is 0 Å². The lowest BCUT2D eigenvalue weighted by molar-refractivity contribution is -0.136. The molecule has 1 atom stereocenters. The van der Waals surface area contributed by atoms with Crippen LogP contribution in [0.5, 0.6) is 0 Å². The van der Waals surface area contributed by atoms with Crippen molar-refractivity contribution in [1.29, 1.82) is 0 Å². The van der Waals surface area contributed by atoms with E-state index in [0.29, 0.717) is 5.69 Å². The van der Waals surface area contributed by atoms with Crippen LogP contribution in [0.15, 0.2) is 41.8 Å². The quantitative estimate of drug-likeness (QED) is 0.603. The van der Waals surface area contributed by atoms with Gasteiger partial charge >= 0.3 is 11.8 Å². The molecule has 3 aromatic rings. The largest absolute Gasteiger partial charge is 0.387 e. The Labute approximate surface area is 162 Å². The lowest BCUT2D eigenvalue weighted by Crippen LogP contribution is -2.37. The maximum Gasteiger partial charge on any atom is 0.313 e. The minimum atomic E-state index is -0.874. The fourth-order valence-electron chi connectivity index (χ4n) is 3.18. The number of carbonyl (C=O) groups is 2. The Morgan fingerprint density at radius 1 is 1.07 bits per heavy atom. The van der Waals surface area contributed by atoms with Gasteiger partial charge in [0, 0.05) is 22.5 Å². The average molecular weight is 382 g/mol. The molecule has 2 amide bonds. The molecular formula is C21H22N2O3S. The molecule has 6 heteroatoms. The SMILES string of the molecule is Cc1cc(C)c(NC(=O)C(=O)NCC(O)c2csc3ccccc23)c(C)c1. The predicted octanol–water partition coefficient (Wildman–Crippen LogP) is 3.61. The second kappa shape index (κ2) is 7.90. The number of hydrogen-bond acceptors (Lipinski definition) is 4. The van der Waals surface area contributed by atoms with Crippen LogP contribution in [0.25, 0.3) is 10.1 Å². The molecule has 0 aliphatic carbocycles. The molecule has 0 radical (unpaired) electrons. The molecule has 1 aromatic heterocycles. The van der Waals surface area contributed by atoms with Gasteiger partial charge in [0.05, 0.1) is 6.10 Å². The zero-order valence-corrected chi connectivity index (χ0v) is 16.3. The summed E-state index contributed by atoms with van der Waals surface area (Å²) in [4.78, 5) is 24.4. The van der Waals surface area contributed by atoms with Crippen LogP contribution in [0.1, 0.15) is 28.4 Å². The molecule has 0 saturated heterocycles.